The van der Waals surface area contributed by atoms with E-state index >= 15 is 0 Å². The number of carboxylic acids is 1. The Balaban J connectivity index is 3.14. The normalized spacial score (nSPS) is 23.7. The predicted molar refractivity (Wildman–Crippen MR) is 61.7 cm³/mol. The van der Waals surface area contributed by atoms with E-state index in [-0.39, 0.29) is 11.3 Å². The number of rotatable bonds is 4. The molecule has 84 valence electrons. The summed E-state index contributed by atoms with van der Waals surface area (Å²) in [6.07, 6.45) is 8.64. The van der Waals surface area contributed by atoms with Crippen molar-refractivity contribution in [1.82, 2.24) is 0 Å². The van der Waals surface area contributed by atoms with Gasteiger partial charge in [0.05, 0.1) is 5.92 Å². The lowest BCUT2D eigenvalue weighted by Crippen LogP contribution is -2.36. The molecule has 0 bridgehead atoms. The van der Waals surface area contributed by atoms with Crippen molar-refractivity contribution in [2.75, 3.05) is 0 Å². The molecular weight excluding hydrogens is 188 g/mol. The van der Waals surface area contributed by atoms with Crippen LogP contribution < -0.4 is 0 Å². The molecule has 0 aromatic heterocycles. The monoisotopic (exact) mass is 208 g/mol. The van der Waals surface area contributed by atoms with Gasteiger partial charge < -0.3 is 5.11 Å². The summed E-state index contributed by atoms with van der Waals surface area (Å²) >= 11 is 0. The number of hydrogen-bond donors (Lipinski definition) is 1. The zero-order chi connectivity index (χ0) is 11.5. The Hall–Kier alpha value is -1.05. The molecule has 0 radical (unpaired) electrons. The largest absolute Gasteiger partial charge is 0.481 e. The molecule has 15 heavy (non-hydrogen) atoms. The summed E-state index contributed by atoms with van der Waals surface area (Å²) in [5, 5.41) is 9.36. The lowest BCUT2D eigenvalue weighted by Gasteiger charge is -2.38. The fourth-order valence-electron chi connectivity index (χ4n) is 2.55. The molecule has 1 aliphatic carbocycles. The molecule has 0 spiro atoms. The predicted octanol–water partition coefficient (Wildman–Crippen LogP) is 3.40. The summed E-state index contributed by atoms with van der Waals surface area (Å²) in [6.45, 7) is 6.17. The van der Waals surface area contributed by atoms with Crippen LogP contribution in [0.3, 0.4) is 0 Å². The van der Waals surface area contributed by atoms with Crippen LogP contribution in [0.25, 0.3) is 0 Å². The minimum Gasteiger partial charge on any atom is -0.481 e. The van der Waals surface area contributed by atoms with Crippen molar-refractivity contribution in [2.24, 2.45) is 11.3 Å². The van der Waals surface area contributed by atoms with Gasteiger partial charge in [0.25, 0.3) is 0 Å². The highest BCUT2D eigenvalue weighted by Crippen LogP contribution is 2.44. The number of allylic oxidation sites excluding steroid dienone is 3. The third kappa shape index (κ3) is 1.99. The second-order valence-corrected chi connectivity index (χ2v) is 4.17. The quantitative estimate of drug-likeness (QED) is 0.768. The average molecular weight is 208 g/mol. The molecular formula is C13H20O2. The Kier molecular flexibility index (Phi) is 3.72. The highest BCUT2D eigenvalue weighted by atomic mass is 16.4. The summed E-state index contributed by atoms with van der Waals surface area (Å²) in [5.41, 5.74) is 0.875. The molecule has 0 aromatic carbocycles. The first-order valence-electron chi connectivity index (χ1n) is 5.72. The number of carbonyl (C=O) groups is 1. The Bertz CT molecular complexity index is 296. The van der Waals surface area contributed by atoms with Crippen molar-refractivity contribution in [1.29, 1.82) is 0 Å². The van der Waals surface area contributed by atoms with Gasteiger partial charge in [-0.25, -0.2) is 0 Å². The Morgan fingerprint density at radius 2 is 2.00 bits per heavy atom. The van der Waals surface area contributed by atoms with Crippen LogP contribution in [-0.4, -0.2) is 11.1 Å². The summed E-state index contributed by atoms with van der Waals surface area (Å²) in [6, 6.07) is 0. The van der Waals surface area contributed by atoms with Gasteiger partial charge in [-0.1, -0.05) is 44.6 Å². The lowest BCUT2D eigenvalue weighted by molar-refractivity contribution is -0.144. The van der Waals surface area contributed by atoms with Gasteiger partial charge in [0, 0.05) is 5.41 Å². The van der Waals surface area contributed by atoms with Crippen LogP contribution in [0.2, 0.25) is 0 Å². The molecule has 0 amide bonds. The molecule has 1 unspecified atom stereocenters. The maximum Gasteiger partial charge on any atom is 0.311 e. The highest BCUT2D eigenvalue weighted by molar-refractivity contribution is 5.76. The molecule has 0 saturated carbocycles. The molecule has 0 aliphatic heterocycles. The molecule has 0 fully saturated rings. The second kappa shape index (κ2) is 4.65. The van der Waals surface area contributed by atoms with Crippen LogP contribution in [0.4, 0.5) is 0 Å². The zero-order valence-corrected chi connectivity index (χ0v) is 9.79. The summed E-state index contributed by atoms with van der Waals surface area (Å²) < 4.78 is 0. The van der Waals surface area contributed by atoms with E-state index in [0.717, 1.165) is 24.8 Å². The van der Waals surface area contributed by atoms with Gasteiger partial charge in [-0.2, -0.15) is 0 Å². The maximum absolute atomic E-state index is 11.4. The van der Waals surface area contributed by atoms with E-state index < -0.39 is 5.97 Å². The van der Waals surface area contributed by atoms with E-state index in [0.29, 0.717) is 0 Å². The molecule has 0 heterocycles. The number of aliphatic carboxylic acids is 1. The third-order valence-corrected chi connectivity index (χ3v) is 3.66. The van der Waals surface area contributed by atoms with Crippen molar-refractivity contribution in [2.45, 2.75) is 40.0 Å². The summed E-state index contributed by atoms with van der Waals surface area (Å²) in [7, 11) is 0. The first-order chi connectivity index (χ1) is 7.11. The Labute approximate surface area is 91.7 Å². The van der Waals surface area contributed by atoms with Crippen LogP contribution >= 0.6 is 0 Å². The average Bonchev–Trinajstić information content (AvgIpc) is 2.27. The topological polar surface area (TPSA) is 37.3 Å². The highest BCUT2D eigenvalue weighted by Gasteiger charge is 2.41. The van der Waals surface area contributed by atoms with E-state index in [4.69, 9.17) is 0 Å². The van der Waals surface area contributed by atoms with Crippen molar-refractivity contribution in [3.05, 3.63) is 23.8 Å². The standard InChI is InChI=1S/C13H20O2/c1-4-10-8-7-9-13(5-2,6-3)11(10)12(14)15/h7-9,11H,4-6H2,1-3H3,(H,14,15). The fraction of sp³-hybridized carbons (Fsp3) is 0.615. The van der Waals surface area contributed by atoms with Crippen molar-refractivity contribution in [3.63, 3.8) is 0 Å². The van der Waals surface area contributed by atoms with Gasteiger partial charge in [-0.05, 0) is 19.3 Å². The van der Waals surface area contributed by atoms with Crippen molar-refractivity contribution in [3.8, 4) is 0 Å². The molecule has 0 saturated heterocycles. The van der Waals surface area contributed by atoms with E-state index in [1.165, 1.54) is 0 Å². The minimum atomic E-state index is -0.684. The van der Waals surface area contributed by atoms with E-state index in [1.807, 2.05) is 19.1 Å². The molecule has 1 aliphatic rings. The summed E-state index contributed by atoms with van der Waals surface area (Å²) in [5.74, 6) is -1.02. The minimum absolute atomic E-state index is 0.175. The molecule has 2 heteroatoms. The van der Waals surface area contributed by atoms with Gasteiger partial charge in [0.1, 0.15) is 0 Å². The molecule has 0 aromatic rings. The Morgan fingerprint density at radius 3 is 2.40 bits per heavy atom. The van der Waals surface area contributed by atoms with Crippen LogP contribution in [0.5, 0.6) is 0 Å². The van der Waals surface area contributed by atoms with Crippen LogP contribution in [0.15, 0.2) is 23.8 Å². The zero-order valence-electron chi connectivity index (χ0n) is 9.79. The lowest BCUT2D eigenvalue weighted by atomic mass is 9.65. The van der Waals surface area contributed by atoms with Gasteiger partial charge in [-0.3, -0.25) is 4.79 Å². The van der Waals surface area contributed by atoms with Crippen molar-refractivity contribution >= 4 is 5.97 Å². The van der Waals surface area contributed by atoms with Crippen molar-refractivity contribution < 1.29 is 9.90 Å². The van der Waals surface area contributed by atoms with Gasteiger partial charge in [0.2, 0.25) is 0 Å². The first kappa shape index (κ1) is 12.0. The van der Waals surface area contributed by atoms with Gasteiger partial charge >= 0.3 is 5.97 Å². The van der Waals surface area contributed by atoms with E-state index in [2.05, 4.69) is 19.9 Å². The maximum atomic E-state index is 11.4. The van der Waals surface area contributed by atoms with Gasteiger partial charge in [-0.15, -0.1) is 0 Å². The summed E-state index contributed by atoms with van der Waals surface area (Å²) in [4.78, 5) is 11.4. The molecule has 1 rings (SSSR count). The molecule has 1 atom stereocenters. The number of hydrogen-bond acceptors (Lipinski definition) is 1. The second-order valence-electron chi connectivity index (χ2n) is 4.17. The van der Waals surface area contributed by atoms with Crippen LogP contribution in [0, 0.1) is 11.3 Å². The van der Waals surface area contributed by atoms with Crippen LogP contribution in [-0.2, 0) is 4.79 Å². The molecule has 1 N–H and O–H groups in total. The van der Waals surface area contributed by atoms with Gasteiger partial charge in [0.15, 0.2) is 0 Å². The van der Waals surface area contributed by atoms with Crippen LogP contribution in [0.1, 0.15) is 40.0 Å². The molecule has 2 nitrogen and oxygen atoms in total. The van der Waals surface area contributed by atoms with E-state index in [9.17, 15) is 9.90 Å². The Morgan fingerprint density at radius 1 is 1.40 bits per heavy atom. The number of carboxylic acid groups (broad SMARTS) is 1. The first-order valence-corrected chi connectivity index (χ1v) is 5.72. The third-order valence-electron chi connectivity index (χ3n) is 3.66. The smallest absolute Gasteiger partial charge is 0.311 e. The fourth-order valence-corrected chi connectivity index (χ4v) is 2.55. The van der Waals surface area contributed by atoms with E-state index in [1.54, 1.807) is 0 Å². The SMILES string of the molecule is CCC1=CC=CC(CC)(CC)C1C(=O)O.